The lowest BCUT2D eigenvalue weighted by molar-refractivity contribution is -0.124. The molecule has 0 heterocycles. The van der Waals surface area contributed by atoms with Gasteiger partial charge in [0.1, 0.15) is 0 Å². The third kappa shape index (κ3) is 2.26. The van der Waals surface area contributed by atoms with Crippen molar-refractivity contribution in [3.05, 3.63) is 35.9 Å². The van der Waals surface area contributed by atoms with Crippen molar-refractivity contribution in [1.82, 2.24) is 0 Å². The third-order valence-electron chi connectivity index (χ3n) is 1.90. The van der Waals surface area contributed by atoms with Gasteiger partial charge in [-0.05, 0) is 6.92 Å². The zero-order valence-corrected chi connectivity index (χ0v) is 8.19. The van der Waals surface area contributed by atoms with Crippen LogP contribution in [0.4, 0.5) is 0 Å². The molecule has 3 heteroatoms. The fourth-order valence-corrected chi connectivity index (χ4v) is 1.21. The Balaban J connectivity index is 2.89. The Bertz CT molecular complexity index is 330. The number of carbonyl (C=O) groups excluding carboxylic acids is 2. The van der Waals surface area contributed by atoms with Gasteiger partial charge in [-0.15, -0.1) is 0 Å². The van der Waals surface area contributed by atoms with Gasteiger partial charge in [-0.25, -0.2) is 0 Å². The van der Waals surface area contributed by atoms with E-state index in [1.54, 1.807) is 24.3 Å². The predicted molar refractivity (Wildman–Crippen MR) is 52.3 cm³/mol. The number of carbonyl (C=O) groups is 2. The lowest BCUT2D eigenvalue weighted by atomic mass is 10.0. The van der Waals surface area contributed by atoms with E-state index in [0.29, 0.717) is 5.56 Å². The van der Waals surface area contributed by atoms with Crippen LogP contribution in [0, 0.1) is 0 Å². The highest BCUT2D eigenvalue weighted by Crippen LogP contribution is 2.06. The highest BCUT2D eigenvalue weighted by molar-refractivity contribution is 6.12. The second-order valence-electron chi connectivity index (χ2n) is 2.96. The molecular formula is C11H12O3. The van der Waals surface area contributed by atoms with E-state index in [9.17, 15) is 9.59 Å². The minimum absolute atomic E-state index is 0.277. The first kappa shape index (κ1) is 10.6. The molecule has 0 aliphatic carbocycles. The molecule has 0 fully saturated rings. The molecule has 0 bridgehead atoms. The Morgan fingerprint density at radius 2 is 1.79 bits per heavy atom. The van der Waals surface area contributed by atoms with Crippen LogP contribution >= 0.6 is 0 Å². The number of ketones is 2. The number of methoxy groups -OCH3 is 1. The fraction of sp³-hybridized carbons (Fsp3) is 0.273. The normalized spacial score (nSPS) is 12.1. The van der Waals surface area contributed by atoms with Crippen LogP contribution in [0.25, 0.3) is 0 Å². The summed E-state index contributed by atoms with van der Waals surface area (Å²) in [5.74, 6) is -0.568. The molecule has 0 amide bonds. The molecule has 0 aromatic heterocycles. The largest absolute Gasteiger partial charge is 0.365 e. The smallest absolute Gasteiger partial charge is 0.199 e. The number of rotatable bonds is 4. The number of hydrogen-bond acceptors (Lipinski definition) is 3. The third-order valence-corrected chi connectivity index (χ3v) is 1.90. The molecule has 0 N–H and O–H groups in total. The zero-order chi connectivity index (χ0) is 10.6. The van der Waals surface area contributed by atoms with Crippen molar-refractivity contribution >= 4 is 11.6 Å². The molecule has 1 rings (SSSR count). The van der Waals surface area contributed by atoms with Crippen LogP contribution in [0.5, 0.6) is 0 Å². The van der Waals surface area contributed by atoms with E-state index in [-0.39, 0.29) is 11.6 Å². The molecular weight excluding hydrogens is 180 g/mol. The highest BCUT2D eigenvalue weighted by atomic mass is 16.5. The van der Waals surface area contributed by atoms with Crippen molar-refractivity contribution in [2.75, 3.05) is 7.11 Å². The Morgan fingerprint density at radius 3 is 2.21 bits per heavy atom. The Hall–Kier alpha value is -1.48. The van der Waals surface area contributed by atoms with Gasteiger partial charge in [0.25, 0.3) is 0 Å². The molecule has 0 saturated heterocycles. The lowest BCUT2D eigenvalue weighted by Crippen LogP contribution is -2.30. The van der Waals surface area contributed by atoms with Crippen LogP contribution in [0.3, 0.4) is 0 Å². The summed E-state index contributed by atoms with van der Waals surface area (Å²) < 4.78 is 4.83. The average molecular weight is 192 g/mol. The van der Waals surface area contributed by atoms with Crippen LogP contribution in [-0.2, 0) is 9.53 Å². The summed E-state index contributed by atoms with van der Waals surface area (Å²) in [5.41, 5.74) is 0.495. The number of ether oxygens (including phenoxy) is 1. The summed E-state index contributed by atoms with van der Waals surface area (Å²) >= 11 is 0. The molecule has 1 aromatic carbocycles. The summed E-state index contributed by atoms with van der Waals surface area (Å²) in [5, 5.41) is 0. The summed E-state index contributed by atoms with van der Waals surface area (Å²) in [7, 11) is 1.35. The van der Waals surface area contributed by atoms with Crippen LogP contribution in [-0.4, -0.2) is 24.8 Å². The fourth-order valence-electron chi connectivity index (χ4n) is 1.21. The molecule has 1 unspecified atom stereocenters. The van der Waals surface area contributed by atoms with Crippen LogP contribution in [0.1, 0.15) is 17.3 Å². The van der Waals surface area contributed by atoms with E-state index < -0.39 is 6.10 Å². The Morgan fingerprint density at radius 1 is 1.21 bits per heavy atom. The maximum atomic E-state index is 11.7. The maximum Gasteiger partial charge on any atom is 0.199 e. The molecule has 1 aromatic rings. The summed E-state index contributed by atoms with van der Waals surface area (Å²) in [4.78, 5) is 22.7. The number of Topliss-reactive ketones (excluding diaryl/α,β-unsaturated/α-hetero) is 2. The molecule has 0 aliphatic heterocycles. The highest BCUT2D eigenvalue weighted by Gasteiger charge is 2.23. The molecule has 0 aliphatic rings. The number of benzene rings is 1. The van der Waals surface area contributed by atoms with Crippen LogP contribution < -0.4 is 0 Å². The maximum absolute atomic E-state index is 11.7. The van der Waals surface area contributed by atoms with Gasteiger partial charge in [0.05, 0.1) is 0 Å². The van der Waals surface area contributed by atoms with Gasteiger partial charge in [-0.1, -0.05) is 30.3 Å². The minimum atomic E-state index is -0.975. The quantitative estimate of drug-likeness (QED) is 0.536. The molecule has 3 nitrogen and oxygen atoms in total. The topological polar surface area (TPSA) is 43.4 Å². The van der Waals surface area contributed by atoms with Crippen molar-refractivity contribution in [3.63, 3.8) is 0 Å². The van der Waals surface area contributed by atoms with Gasteiger partial charge in [-0.3, -0.25) is 9.59 Å². The molecule has 0 radical (unpaired) electrons. The second-order valence-corrected chi connectivity index (χ2v) is 2.96. The van der Waals surface area contributed by atoms with Gasteiger partial charge in [0, 0.05) is 12.7 Å². The Labute approximate surface area is 82.7 Å². The molecule has 74 valence electrons. The summed E-state index contributed by atoms with van der Waals surface area (Å²) in [6.45, 7) is 1.34. The second kappa shape index (κ2) is 4.67. The van der Waals surface area contributed by atoms with Crippen molar-refractivity contribution in [1.29, 1.82) is 0 Å². The van der Waals surface area contributed by atoms with E-state index in [1.807, 2.05) is 6.07 Å². The monoisotopic (exact) mass is 192 g/mol. The van der Waals surface area contributed by atoms with Gasteiger partial charge in [-0.2, -0.15) is 0 Å². The average Bonchev–Trinajstić information content (AvgIpc) is 2.19. The van der Waals surface area contributed by atoms with Gasteiger partial charge in [0.15, 0.2) is 17.7 Å². The predicted octanol–water partition coefficient (Wildman–Crippen LogP) is 1.47. The first-order chi connectivity index (χ1) is 6.66. The molecule has 1 atom stereocenters. The summed E-state index contributed by atoms with van der Waals surface area (Å²) in [6, 6.07) is 8.64. The van der Waals surface area contributed by atoms with E-state index in [4.69, 9.17) is 4.74 Å². The van der Waals surface area contributed by atoms with Crippen LogP contribution in [0.15, 0.2) is 30.3 Å². The SMILES string of the molecule is COC(C(C)=O)C(=O)c1ccccc1. The van der Waals surface area contributed by atoms with Crippen molar-refractivity contribution in [2.24, 2.45) is 0 Å². The molecule has 0 spiro atoms. The minimum Gasteiger partial charge on any atom is -0.365 e. The molecule has 14 heavy (non-hydrogen) atoms. The van der Waals surface area contributed by atoms with E-state index >= 15 is 0 Å². The van der Waals surface area contributed by atoms with Gasteiger partial charge >= 0.3 is 0 Å². The first-order valence-electron chi connectivity index (χ1n) is 4.29. The van der Waals surface area contributed by atoms with Crippen molar-refractivity contribution < 1.29 is 14.3 Å². The number of hydrogen-bond donors (Lipinski definition) is 0. The van der Waals surface area contributed by atoms with Gasteiger partial charge < -0.3 is 4.74 Å². The van der Waals surface area contributed by atoms with Crippen molar-refractivity contribution in [3.8, 4) is 0 Å². The standard InChI is InChI=1S/C11H12O3/c1-8(12)11(14-2)10(13)9-6-4-3-5-7-9/h3-7,11H,1-2H3. The van der Waals surface area contributed by atoms with E-state index in [2.05, 4.69) is 0 Å². The van der Waals surface area contributed by atoms with E-state index in [1.165, 1.54) is 14.0 Å². The first-order valence-corrected chi connectivity index (χ1v) is 4.29. The lowest BCUT2D eigenvalue weighted by Gasteiger charge is -2.09. The zero-order valence-electron chi connectivity index (χ0n) is 8.19. The van der Waals surface area contributed by atoms with Gasteiger partial charge in [0.2, 0.25) is 0 Å². The Kier molecular flexibility index (Phi) is 3.54. The van der Waals surface area contributed by atoms with Crippen LogP contribution in [0.2, 0.25) is 0 Å². The van der Waals surface area contributed by atoms with E-state index in [0.717, 1.165) is 0 Å². The molecule has 0 saturated carbocycles. The summed E-state index contributed by atoms with van der Waals surface area (Å²) in [6.07, 6.45) is -0.975. The van der Waals surface area contributed by atoms with Crippen molar-refractivity contribution in [2.45, 2.75) is 13.0 Å².